The smallest absolute Gasteiger partial charge is 0.239 e. The quantitative estimate of drug-likeness (QED) is 0.786. The number of hydrogen-bond acceptors (Lipinski definition) is 5. The Balaban J connectivity index is 1.61. The molecule has 1 aliphatic rings. The van der Waals surface area contributed by atoms with Crippen LogP contribution in [0.3, 0.4) is 0 Å². The van der Waals surface area contributed by atoms with Crippen LogP contribution < -0.4 is 19.7 Å². The maximum Gasteiger partial charge on any atom is 0.239 e. The first-order chi connectivity index (χ1) is 13.1. The van der Waals surface area contributed by atoms with Gasteiger partial charge >= 0.3 is 0 Å². The van der Waals surface area contributed by atoms with Crippen LogP contribution in [-0.2, 0) is 11.3 Å². The molecule has 27 heavy (non-hydrogen) atoms. The van der Waals surface area contributed by atoms with Crippen LogP contribution in [0, 0.1) is 0 Å². The number of rotatable bonds is 7. The molecule has 0 bridgehead atoms. The summed E-state index contributed by atoms with van der Waals surface area (Å²) in [7, 11) is 1.62. The lowest BCUT2D eigenvalue weighted by molar-refractivity contribution is -0.119. The van der Waals surface area contributed by atoms with E-state index in [1.54, 1.807) is 7.11 Å². The van der Waals surface area contributed by atoms with E-state index in [1.165, 1.54) is 4.90 Å². The summed E-state index contributed by atoms with van der Waals surface area (Å²) in [5.74, 6) is 1.41. The number of ether oxygens (including phenoxy) is 2. The first kappa shape index (κ1) is 19.4. The number of carbonyl (C=O) groups is 1. The first-order valence-corrected chi connectivity index (χ1v) is 10.1. The average molecular weight is 387 g/mol. The van der Waals surface area contributed by atoms with Crippen LogP contribution in [0.25, 0.3) is 0 Å². The lowest BCUT2D eigenvalue weighted by Crippen LogP contribution is -2.41. The Hall–Kier alpha value is -2.34. The van der Waals surface area contributed by atoms with E-state index in [2.05, 4.69) is 29.3 Å². The predicted octanol–water partition coefficient (Wildman–Crippen LogP) is 3.71. The maximum atomic E-state index is 12.5. The molecule has 2 aromatic carbocycles. The molecule has 0 saturated carbocycles. The van der Waals surface area contributed by atoms with E-state index >= 15 is 0 Å². The molecule has 0 saturated heterocycles. The topological polar surface area (TPSA) is 50.8 Å². The lowest BCUT2D eigenvalue weighted by Gasteiger charge is -2.33. The van der Waals surface area contributed by atoms with Crippen molar-refractivity contribution in [3.63, 3.8) is 0 Å². The minimum atomic E-state index is 0.0117. The van der Waals surface area contributed by atoms with Crippen molar-refractivity contribution in [3.05, 3.63) is 48.0 Å². The molecule has 6 heteroatoms. The zero-order valence-electron chi connectivity index (χ0n) is 16.0. The number of carbonyl (C=O) groups excluding carboxylic acids is 1. The van der Waals surface area contributed by atoms with Gasteiger partial charge < -0.3 is 19.7 Å². The van der Waals surface area contributed by atoms with Gasteiger partial charge in [-0.3, -0.25) is 4.79 Å². The van der Waals surface area contributed by atoms with Crippen LogP contribution in [0.1, 0.15) is 19.4 Å². The van der Waals surface area contributed by atoms with Gasteiger partial charge in [-0.2, -0.15) is 0 Å². The molecular formula is C21H26N2O3S. The number of nitrogens with one attached hydrogen (secondary N) is 1. The summed E-state index contributed by atoms with van der Waals surface area (Å²) in [5, 5.41) is 3.48. The highest BCUT2D eigenvalue weighted by Crippen LogP contribution is 2.37. The van der Waals surface area contributed by atoms with Gasteiger partial charge in [0.05, 0.1) is 25.9 Å². The van der Waals surface area contributed by atoms with Crippen LogP contribution in [0.15, 0.2) is 47.4 Å². The Bertz CT molecular complexity index is 797. The number of fused-ring (bicyclic) bond motifs is 1. The number of hydrogen-bond donors (Lipinski definition) is 1. The van der Waals surface area contributed by atoms with E-state index < -0.39 is 0 Å². The molecular weight excluding hydrogens is 360 g/mol. The predicted molar refractivity (Wildman–Crippen MR) is 110 cm³/mol. The van der Waals surface area contributed by atoms with Crippen LogP contribution in [0.2, 0.25) is 0 Å². The number of thioether (sulfide) groups is 1. The van der Waals surface area contributed by atoms with Gasteiger partial charge in [-0.25, -0.2) is 0 Å². The van der Waals surface area contributed by atoms with Crippen molar-refractivity contribution in [2.75, 3.05) is 31.7 Å². The molecule has 0 fully saturated rings. The number of amides is 1. The Labute approximate surface area is 165 Å². The minimum Gasteiger partial charge on any atom is -0.493 e. The molecule has 1 aliphatic heterocycles. The molecule has 0 aromatic heterocycles. The van der Waals surface area contributed by atoms with Gasteiger partial charge in [0.2, 0.25) is 5.91 Å². The monoisotopic (exact) mass is 386 g/mol. The largest absolute Gasteiger partial charge is 0.493 e. The minimum absolute atomic E-state index is 0.0117. The molecule has 144 valence electrons. The summed E-state index contributed by atoms with van der Waals surface area (Å²) in [6.45, 7) is 6.38. The van der Waals surface area contributed by atoms with Crippen LogP contribution in [0.5, 0.6) is 11.5 Å². The van der Waals surface area contributed by atoms with Crippen molar-refractivity contribution in [3.8, 4) is 11.5 Å². The van der Waals surface area contributed by atoms with Crippen LogP contribution in [-0.4, -0.2) is 38.0 Å². The second kappa shape index (κ2) is 9.04. The molecule has 0 aliphatic carbocycles. The number of benzene rings is 2. The second-order valence-corrected chi connectivity index (χ2v) is 7.95. The van der Waals surface area contributed by atoms with E-state index in [-0.39, 0.29) is 5.91 Å². The highest BCUT2D eigenvalue weighted by atomic mass is 32.2. The summed E-state index contributed by atoms with van der Waals surface area (Å²) >= 11 is 1.86. The molecule has 1 N–H and O–H groups in total. The highest BCUT2D eigenvalue weighted by Gasteiger charge is 2.23. The van der Waals surface area contributed by atoms with Gasteiger partial charge in [-0.05, 0) is 36.8 Å². The fourth-order valence-electron chi connectivity index (χ4n) is 3.16. The fraction of sp³-hybridized carbons (Fsp3) is 0.381. The number of para-hydroxylation sites is 1. The van der Waals surface area contributed by atoms with Crippen LogP contribution >= 0.6 is 11.8 Å². The van der Waals surface area contributed by atoms with Gasteiger partial charge in [0.1, 0.15) is 0 Å². The van der Waals surface area contributed by atoms with E-state index in [0.29, 0.717) is 36.4 Å². The number of anilines is 1. The highest BCUT2D eigenvalue weighted by molar-refractivity contribution is 8.00. The Kier molecular flexibility index (Phi) is 6.50. The summed E-state index contributed by atoms with van der Waals surface area (Å²) in [4.78, 5) is 15.9. The van der Waals surface area contributed by atoms with Gasteiger partial charge in [-0.1, -0.05) is 25.1 Å². The summed E-state index contributed by atoms with van der Waals surface area (Å²) in [6, 6.07) is 14.0. The summed E-state index contributed by atoms with van der Waals surface area (Å²) < 4.78 is 10.9. The molecule has 1 amide bonds. The third-order valence-corrected chi connectivity index (χ3v) is 5.51. The van der Waals surface area contributed by atoms with E-state index in [1.807, 2.05) is 49.0 Å². The second-order valence-electron chi connectivity index (χ2n) is 6.47. The van der Waals surface area contributed by atoms with E-state index in [0.717, 1.165) is 17.8 Å². The molecule has 1 heterocycles. The summed E-state index contributed by atoms with van der Waals surface area (Å²) in [5.41, 5.74) is 2.12. The fourth-order valence-corrected chi connectivity index (χ4v) is 4.32. The van der Waals surface area contributed by atoms with Crippen molar-refractivity contribution >= 4 is 23.4 Å². The van der Waals surface area contributed by atoms with Crippen LogP contribution in [0.4, 0.5) is 5.69 Å². The van der Waals surface area contributed by atoms with E-state index in [9.17, 15) is 4.79 Å². The molecule has 5 nitrogen and oxygen atoms in total. The van der Waals surface area contributed by atoms with Crippen molar-refractivity contribution in [2.24, 2.45) is 0 Å². The average Bonchev–Trinajstić information content (AvgIpc) is 2.66. The van der Waals surface area contributed by atoms with Crippen molar-refractivity contribution in [2.45, 2.75) is 30.5 Å². The SMILES string of the molecule is CCOc1cc(CNC(=O)CN2C[C@@H](C)Sc3ccccc32)ccc1OC. The molecule has 1 atom stereocenters. The Morgan fingerprint density at radius 1 is 1.26 bits per heavy atom. The van der Waals surface area contributed by atoms with Gasteiger partial charge in [0.25, 0.3) is 0 Å². The molecule has 0 radical (unpaired) electrons. The van der Waals surface area contributed by atoms with Gasteiger partial charge in [-0.15, -0.1) is 11.8 Å². The molecule has 2 aromatic rings. The third kappa shape index (κ3) is 4.89. The van der Waals surface area contributed by atoms with Gasteiger partial charge in [0.15, 0.2) is 11.5 Å². The summed E-state index contributed by atoms with van der Waals surface area (Å²) in [6.07, 6.45) is 0. The van der Waals surface area contributed by atoms with Crippen molar-refractivity contribution in [1.82, 2.24) is 5.32 Å². The Morgan fingerprint density at radius 3 is 2.85 bits per heavy atom. The molecule has 0 unspecified atom stereocenters. The first-order valence-electron chi connectivity index (χ1n) is 9.17. The maximum absolute atomic E-state index is 12.5. The van der Waals surface area contributed by atoms with Crippen molar-refractivity contribution < 1.29 is 14.3 Å². The molecule has 3 rings (SSSR count). The standard InChI is InChI=1S/C21H26N2O3S/c1-4-26-19-11-16(9-10-18(19)25-3)12-22-21(24)14-23-13-15(2)27-20-8-6-5-7-17(20)23/h5-11,15H,4,12-14H2,1-3H3,(H,22,24)/t15-/m1/s1. The number of nitrogens with zero attached hydrogens (tertiary/aromatic N) is 1. The zero-order valence-corrected chi connectivity index (χ0v) is 16.8. The van der Waals surface area contributed by atoms with Gasteiger partial charge in [0, 0.05) is 23.2 Å². The van der Waals surface area contributed by atoms with E-state index in [4.69, 9.17) is 9.47 Å². The normalized spacial score (nSPS) is 15.8. The lowest BCUT2D eigenvalue weighted by atomic mass is 10.2. The number of methoxy groups -OCH3 is 1. The molecule has 0 spiro atoms. The third-order valence-electron chi connectivity index (χ3n) is 4.36. The Morgan fingerprint density at radius 2 is 2.07 bits per heavy atom. The van der Waals surface area contributed by atoms with Crippen molar-refractivity contribution in [1.29, 1.82) is 0 Å². The zero-order chi connectivity index (χ0) is 19.2.